The third-order valence-corrected chi connectivity index (χ3v) is 5.78. The number of hydrogen-bond donors (Lipinski definition) is 0. The largest absolute Gasteiger partial charge is 0.376 e. The number of fused-ring (bicyclic) bond motifs is 2. The maximum absolute atomic E-state index is 12.8. The van der Waals surface area contributed by atoms with Crippen molar-refractivity contribution < 1.29 is 9.53 Å². The predicted molar refractivity (Wildman–Crippen MR) is 119 cm³/mol. The second kappa shape index (κ2) is 7.59. The molecule has 0 bridgehead atoms. The van der Waals surface area contributed by atoms with Crippen molar-refractivity contribution in [1.82, 2.24) is 19.4 Å². The number of rotatable bonds is 4. The summed E-state index contributed by atoms with van der Waals surface area (Å²) in [6.45, 7) is 1.35. The van der Waals surface area contributed by atoms with Crippen LogP contribution in [0.2, 0.25) is 0 Å². The fourth-order valence-electron chi connectivity index (χ4n) is 3.83. The zero-order valence-corrected chi connectivity index (χ0v) is 17.4. The summed E-state index contributed by atoms with van der Waals surface area (Å²) in [5.74, 6) is -0.0637. The van der Waals surface area contributed by atoms with Crippen LogP contribution in [0.15, 0.2) is 59.7 Å². The zero-order chi connectivity index (χ0) is 21.5. The van der Waals surface area contributed by atoms with Gasteiger partial charge in [0.25, 0.3) is 11.5 Å². The van der Waals surface area contributed by atoms with Crippen LogP contribution in [0, 0.1) is 0 Å². The maximum atomic E-state index is 12.8. The molecule has 0 saturated carbocycles. The number of aromatic nitrogens is 3. The van der Waals surface area contributed by atoms with Gasteiger partial charge in [0, 0.05) is 50.0 Å². The Morgan fingerprint density at radius 1 is 1.19 bits per heavy atom. The van der Waals surface area contributed by atoms with Crippen LogP contribution in [0.3, 0.4) is 0 Å². The molecule has 1 fully saturated rings. The van der Waals surface area contributed by atoms with Crippen molar-refractivity contribution >= 4 is 27.7 Å². The number of carbonyl (C=O) groups excluding carboxylic acids is 1. The highest BCUT2D eigenvalue weighted by atomic mass is 16.5. The van der Waals surface area contributed by atoms with Crippen molar-refractivity contribution in [2.24, 2.45) is 7.05 Å². The fraction of sp³-hybridized carbons (Fsp3) is 0.250. The van der Waals surface area contributed by atoms with Gasteiger partial charge in [0.15, 0.2) is 0 Å². The van der Waals surface area contributed by atoms with Crippen LogP contribution in [-0.2, 0) is 11.8 Å². The minimum atomic E-state index is -0.0637. The normalized spacial score (nSPS) is 15.7. The number of ether oxygens (including phenoxy) is 1. The van der Waals surface area contributed by atoms with Crippen LogP contribution in [-0.4, -0.2) is 51.6 Å². The minimum absolute atomic E-state index is 0.0341. The summed E-state index contributed by atoms with van der Waals surface area (Å²) in [5.41, 5.74) is 3.47. The molecule has 1 aliphatic heterocycles. The number of hydrogen-bond acceptors (Lipinski definition) is 5. The van der Waals surface area contributed by atoms with Gasteiger partial charge >= 0.3 is 0 Å². The van der Waals surface area contributed by atoms with Gasteiger partial charge in [-0.25, -0.2) is 4.98 Å². The summed E-state index contributed by atoms with van der Waals surface area (Å²) in [5, 5.41) is 1.51. The lowest BCUT2D eigenvalue weighted by molar-refractivity contribution is -0.0603. The molecule has 1 amide bonds. The van der Waals surface area contributed by atoms with E-state index in [0.717, 1.165) is 29.5 Å². The van der Waals surface area contributed by atoms with Gasteiger partial charge in [-0.05, 0) is 48.2 Å². The minimum Gasteiger partial charge on any atom is -0.376 e. The van der Waals surface area contributed by atoms with Gasteiger partial charge in [-0.3, -0.25) is 14.6 Å². The molecule has 0 unspecified atom stereocenters. The third-order valence-electron chi connectivity index (χ3n) is 5.78. The van der Waals surface area contributed by atoms with E-state index < -0.39 is 0 Å². The molecule has 0 radical (unpaired) electrons. The number of pyridine rings is 1. The smallest absolute Gasteiger partial charge is 0.258 e. The van der Waals surface area contributed by atoms with E-state index in [1.807, 2.05) is 30.3 Å². The first-order chi connectivity index (χ1) is 15.0. The molecule has 2 aromatic carbocycles. The van der Waals surface area contributed by atoms with Gasteiger partial charge in [-0.15, -0.1) is 0 Å². The summed E-state index contributed by atoms with van der Waals surface area (Å²) in [6.07, 6.45) is 4.59. The first-order valence-corrected chi connectivity index (χ1v) is 10.2. The van der Waals surface area contributed by atoms with Crippen LogP contribution in [0.25, 0.3) is 33.1 Å². The lowest BCUT2D eigenvalue weighted by Crippen LogP contribution is -2.40. The Balaban J connectivity index is 1.49. The standard InChI is InChI=1S/C24H22N4O3/c1-27-9-7-15-11-16(3-5-19(15)24(27)30)22-13-25-20-6-4-17(12-21(20)26-22)23(29)28(2)14-18-8-10-31-18/h3-7,9,11-13,18H,8,10,14H2,1-2H3/t18-/m1/s1. The summed E-state index contributed by atoms with van der Waals surface area (Å²) in [7, 11) is 3.52. The second-order valence-electron chi connectivity index (χ2n) is 7.96. The van der Waals surface area contributed by atoms with Gasteiger partial charge < -0.3 is 14.2 Å². The number of amides is 1. The predicted octanol–water partition coefficient (Wildman–Crippen LogP) is 3.01. The van der Waals surface area contributed by atoms with Crippen LogP contribution in [0.5, 0.6) is 0 Å². The molecule has 5 rings (SSSR count). The molecule has 0 N–H and O–H groups in total. The van der Waals surface area contributed by atoms with E-state index >= 15 is 0 Å². The van der Waals surface area contributed by atoms with Crippen molar-refractivity contribution in [1.29, 1.82) is 0 Å². The first kappa shape index (κ1) is 19.4. The summed E-state index contributed by atoms with van der Waals surface area (Å²) in [4.78, 5) is 36.0. The molecular weight excluding hydrogens is 392 g/mol. The van der Waals surface area contributed by atoms with E-state index in [0.29, 0.717) is 28.7 Å². The van der Waals surface area contributed by atoms with Crippen LogP contribution < -0.4 is 5.56 Å². The van der Waals surface area contributed by atoms with Crippen molar-refractivity contribution in [3.05, 3.63) is 70.8 Å². The quantitative estimate of drug-likeness (QED) is 0.513. The Hall–Kier alpha value is -3.58. The van der Waals surface area contributed by atoms with E-state index in [4.69, 9.17) is 9.72 Å². The molecule has 0 aliphatic carbocycles. The maximum Gasteiger partial charge on any atom is 0.258 e. The summed E-state index contributed by atoms with van der Waals surface area (Å²) in [6, 6.07) is 12.9. The summed E-state index contributed by atoms with van der Waals surface area (Å²) >= 11 is 0. The highest BCUT2D eigenvalue weighted by Crippen LogP contribution is 2.23. The molecule has 3 heterocycles. The molecule has 31 heavy (non-hydrogen) atoms. The van der Waals surface area contributed by atoms with Gasteiger partial charge in [-0.2, -0.15) is 0 Å². The molecule has 7 nitrogen and oxygen atoms in total. The van der Waals surface area contributed by atoms with Crippen LogP contribution >= 0.6 is 0 Å². The molecule has 0 spiro atoms. The number of aryl methyl sites for hydroxylation is 1. The number of likely N-dealkylation sites (N-methyl/N-ethyl adjacent to an activating group) is 1. The molecular formula is C24H22N4O3. The molecule has 7 heteroatoms. The lowest BCUT2D eigenvalue weighted by atomic mass is 10.1. The monoisotopic (exact) mass is 414 g/mol. The molecule has 4 aromatic rings. The fourth-order valence-corrected chi connectivity index (χ4v) is 3.83. The number of carbonyl (C=O) groups is 1. The molecule has 156 valence electrons. The molecule has 2 aromatic heterocycles. The van der Waals surface area contributed by atoms with Crippen molar-refractivity contribution in [3.63, 3.8) is 0 Å². The zero-order valence-electron chi connectivity index (χ0n) is 17.4. The third kappa shape index (κ3) is 3.57. The Kier molecular flexibility index (Phi) is 4.75. The SMILES string of the molecule is CN(C[C@H]1CCO1)C(=O)c1ccc2ncc(-c3ccc4c(=O)n(C)ccc4c3)nc2c1. The lowest BCUT2D eigenvalue weighted by Gasteiger charge is -2.30. The number of benzene rings is 2. The van der Waals surface area contributed by atoms with E-state index in [-0.39, 0.29) is 17.6 Å². The first-order valence-electron chi connectivity index (χ1n) is 10.2. The van der Waals surface area contributed by atoms with Crippen molar-refractivity contribution in [2.75, 3.05) is 20.2 Å². The highest BCUT2D eigenvalue weighted by Gasteiger charge is 2.23. The molecule has 1 saturated heterocycles. The van der Waals surface area contributed by atoms with Crippen LogP contribution in [0.4, 0.5) is 0 Å². The second-order valence-corrected chi connectivity index (χ2v) is 7.96. The van der Waals surface area contributed by atoms with Gasteiger partial charge in [0.2, 0.25) is 0 Å². The Labute approximate surface area is 178 Å². The Bertz CT molecular complexity index is 1370. The Morgan fingerprint density at radius 2 is 2.03 bits per heavy atom. The van der Waals surface area contributed by atoms with E-state index in [9.17, 15) is 9.59 Å². The highest BCUT2D eigenvalue weighted by molar-refractivity contribution is 5.97. The average molecular weight is 414 g/mol. The van der Waals surface area contributed by atoms with Crippen molar-refractivity contribution in [3.8, 4) is 11.3 Å². The van der Waals surface area contributed by atoms with Gasteiger partial charge in [-0.1, -0.05) is 6.07 Å². The summed E-state index contributed by atoms with van der Waals surface area (Å²) < 4.78 is 6.99. The number of nitrogens with zero attached hydrogens (tertiary/aromatic N) is 4. The van der Waals surface area contributed by atoms with E-state index in [1.54, 1.807) is 48.1 Å². The Morgan fingerprint density at radius 3 is 2.81 bits per heavy atom. The van der Waals surface area contributed by atoms with Crippen molar-refractivity contribution in [2.45, 2.75) is 12.5 Å². The average Bonchev–Trinajstić information content (AvgIpc) is 2.77. The molecule has 1 atom stereocenters. The van der Waals surface area contributed by atoms with Crippen LogP contribution in [0.1, 0.15) is 16.8 Å². The topological polar surface area (TPSA) is 77.3 Å². The van der Waals surface area contributed by atoms with E-state index in [1.165, 1.54) is 0 Å². The van der Waals surface area contributed by atoms with Gasteiger partial charge in [0.05, 0.1) is 29.0 Å². The molecule has 1 aliphatic rings. The van der Waals surface area contributed by atoms with Gasteiger partial charge in [0.1, 0.15) is 0 Å². The van der Waals surface area contributed by atoms with E-state index in [2.05, 4.69) is 4.98 Å².